The SMILES string of the molecule is Cl.O=C(N1CCC(N2CCNCC2)C1)C(F)(F)c1ccc(F)cc1. The van der Waals surface area contributed by atoms with Gasteiger partial charge in [0.05, 0.1) is 0 Å². The molecule has 1 aromatic carbocycles. The summed E-state index contributed by atoms with van der Waals surface area (Å²) in [5, 5.41) is 3.25. The average Bonchev–Trinajstić information content (AvgIpc) is 3.05. The number of halogens is 4. The van der Waals surface area contributed by atoms with Crippen LogP contribution in [0.2, 0.25) is 0 Å². The maximum absolute atomic E-state index is 14.4. The van der Waals surface area contributed by atoms with E-state index < -0.39 is 23.2 Å². The molecule has 1 amide bonds. The van der Waals surface area contributed by atoms with E-state index in [4.69, 9.17) is 0 Å². The summed E-state index contributed by atoms with van der Waals surface area (Å²) in [7, 11) is 0. The van der Waals surface area contributed by atoms with Crippen molar-refractivity contribution >= 4 is 18.3 Å². The van der Waals surface area contributed by atoms with Crippen molar-refractivity contribution in [1.82, 2.24) is 15.1 Å². The van der Waals surface area contributed by atoms with Gasteiger partial charge in [-0.1, -0.05) is 0 Å². The van der Waals surface area contributed by atoms with Crippen molar-refractivity contribution < 1.29 is 18.0 Å². The van der Waals surface area contributed by atoms with Crippen molar-refractivity contribution in [2.75, 3.05) is 39.3 Å². The van der Waals surface area contributed by atoms with Crippen LogP contribution in [0.3, 0.4) is 0 Å². The molecule has 0 aromatic heterocycles. The first-order chi connectivity index (χ1) is 11.0. The van der Waals surface area contributed by atoms with Gasteiger partial charge in [-0.2, -0.15) is 8.78 Å². The van der Waals surface area contributed by atoms with Gasteiger partial charge in [-0.25, -0.2) is 4.39 Å². The number of carbonyl (C=O) groups excluding carboxylic acids is 1. The Balaban J connectivity index is 0.00000208. The number of likely N-dealkylation sites (tertiary alicyclic amines) is 1. The highest BCUT2D eigenvalue weighted by molar-refractivity contribution is 5.85. The monoisotopic (exact) mass is 363 g/mol. The number of piperazine rings is 1. The third-order valence-corrected chi connectivity index (χ3v) is 4.59. The molecule has 2 aliphatic heterocycles. The van der Waals surface area contributed by atoms with Gasteiger partial charge in [0.2, 0.25) is 0 Å². The van der Waals surface area contributed by atoms with Crippen LogP contribution < -0.4 is 5.32 Å². The Morgan fingerprint density at radius 2 is 1.75 bits per heavy atom. The molecule has 0 aliphatic carbocycles. The number of carbonyl (C=O) groups is 1. The summed E-state index contributed by atoms with van der Waals surface area (Å²) < 4.78 is 41.6. The fourth-order valence-electron chi connectivity index (χ4n) is 3.25. The number of hydrogen-bond donors (Lipinski definition) is 1. The summed E-state index contributed by atoms with van der Waals surface area (Å²) in [6, 6.07) is 3.98. The molecular formula is C16H21ClF3N3O. The number of benzene rings is 1. The lowest BCUT2D eigenvalue weighted by molar-refractivity contribution is -0.158. The normalized spacial score (nSPS) is 22.3. The van der Waals surface area contributed by atoms with Crippen molar-refractivity contribution in [1.29, 1.82) is 0 Å². The molecule has 1 aromatic rings. The van der Waals surface area contributed by atoms with Crippen molar-refractivity contribution in [3.05, 3.63) is 35.6 Å². The van der Waals surface area contributed by atoms with Crippen LogP contribution in [-0.4, -0.2) is 61.0 Å². The molecule has 2 heterocycles. The number of rotatable bonds is 3. The van der Waals surface area contributed by atoms with Gasteiger partial charge in [0.15, 0.2) is 0 Å². The summed E-state index contributed by atoms with van der Waals surface area (Å²) in [5.41, 5.74) is -0.463. The van der Waals surface area contributed by atoms with Crippen LogP contribution in [0.4, 0.5) is 13.2 Å². The molecule has 0 saturated carbocycles. The van der Waals surface area contributed by atoms with Gasteiger partial charge >= 0.3 is 5.92 Å². The third kappa shape index (κ3) is 3.84. The van der Waals surface area contributed by atoms with Crippen LogP contribution in [0, 0.1) is 5.82 Å². The van der Waals surface area contributed by atoms with Gasteiger partial charge < -0.3 is 10.2 Å². The Labute approximate surface area is 145 Å². The molecular weight excluding hydrogens is 343 g/mol. The number of amides is 1. The fourth-order valence-corrected chi connectivity index (χ4v) is 3.25. The van der Waals surface area contributed by atoms with Gasteiger partial charge in [0.1, 0.15) is 5.82 Å². The zero-order valence-corrected chi connectivity index (χ0v) is 14.0. The van der Waals surface area contributed by atoms with Gasteiger partial charge in [0.25, 0.3) is 5.91 Å². The average molecular weight is 364 g/mol. The van der Waals surface area contributed by atoms with E-state index in [1.807, 2.05) is 0 Å². The Hall–Kier alpha value is -1.31. The van der Waals surface area contributed by atoms with Crippen molar-refractivity contribution in [2.45, 2.75) is 18.4 Å². The van der Waals surface area contributed by atoms with Crippen LogP contribution in [-0.2, 0) is 10.7 Å². The second-order valence-electron chi connectivity index (χ2n) is 6.06. The molecule has 3 rings (SSSR count). The first kappa shape index (κ1) is 19.0. The van der Waals surface area contributed by atoms with Gasteiger partial charge in [-0.15, -0.1) is 12.4 Å². The van der Waals surface area contributed by atoms with Crippen LogP contribution in [0.15, 0.2) is 24.3 Å². The minimum absolute atomic E-state index is 0. The lowest BCUT2D eigenvalue weighted by atomic mass is 10.1. The molecule has 1 N–H and O–H groups in total. The molecule has 24 heavy (non-hydrogen) atoms. The highest BCUT2D eigenvalue weighted by Crippen LogP contribution is 2.32. The summed E-state index contributed by atoms with van der Waals surface area (Å²) in [6.45, 7) is 4.19. The molecule has 8 heteroatoms. The molecule has 0 spiro atoms. The third-order valence-electron chi connectivity index (χ3n) is 4.59. The summed E-state index contributed by atoms with van der Waals surface area (Å²) in [4.78, 5) is 15.7. The standard InChI is InChI=1S/C16H20F3N3O.ClH/c17-13-3-1-12(2-4-13)16(18,19)15(23)22-8-5-14(11-22)21-9-6-20-7-10-21;/h1-4,14,20H,5-11H2;1H. The van der Waals surface area contributed by atoms with Crippen molar-refractivity contribution in [3.63, 3.8) is 0 Å². The predicted octanol–water partition coefficient (Wildman–Crippen LogP) is 1.85. The number of nitrogens with one attached hydrogen (secondary N) is 1. The number of nitrogens with zero attached hydrogens (tertiary/aromatic N) is 2. The largest absolute Gasteiger partial charge is 0.349 e. The molecule has 2 saturated heterocycles. The summed E-state index contributed by atoms with van der Waals surface area (Å²) in [5.74, 6) is -5.41. The highest BCUT2D eigenvalue weighted by atomic mass is 35.5. The highest BCUT2D eigenvalue weighted by Gasteiger charge is 2.46. The predicted molar refractivity (Wildman–Crippen MR) is 87.0 cm³/mol. The van der Waals surface area contributed by atoms with Crippen molar-refractivity contribution in [3.8, 4) is 0 Å². The number of alkyl halides is 2. The molecule has 2 aliphatic rings. The van der Waals surface area contributed by atoms with E-state index in [-0.39, 0.29) is 18.4 Å². The van der Waals surface area contributed by atoms with E-state index in [1.54, 1.807) is 0 Å². The van der Waals surface area contributed by atoms with Crippen LogP contribution in [0.25, 0.3) is 0 Å². The van der Waals surface area contributed by atoms with Crippen LogP contribution in [0.5, 0.6) is 0 Å². The molecule has 134 valence electrons. The Kier molecular flexibility index (Phi) is 6.11. The molecule has 1 atom stereocenters. The van der Waals surface area contributed by atoms with Gasteiger partial charge in [0, 0.05) is 50.9 Å². The van der Waals surface area contributed by atoms with Gasteiger partial charge in [-0.05, 0) is 30.7 Å². The minimum Gasteiger partial charge on any atom is -0.336 e. The van der Waals surface area contributed by atoms with Crippen molar-refractivity contribution in [2.24, 2.45) is 0 Å². The van der Waals surface area contributed by atoms with E-state index in [0.29, 0.717) is 19.5 Å². The maximum atomic E-state index is 14.4. The van der Waals surface area contributed by atoms with E-state index in [2.05, 4.69) is 10.2 Å². The quantitative estimate of drug-likeness (QED) is 0.890. The second-order valence-corrected chi connectivity index (χ2v) is 6.06. The molecule has 1 unspecified atom stereocenters. The lowest BCUT2D eigenvalue weighted by Gasteiger charge is -2.32. The first-order valence-corrected chi connectivity index (χ1v) is 7.86. The molecule has 0 radical (unpaired) electrons. The zero-order chi connectivity index (χ0) is 16.4. The maximum Gasteiger partial charge on any atom is 0.349 e. The van der Waals surface area contributed by atoms with Gasteiger partial charge in [-0.3, -0.25) is 9.69 Å². The van der Waals surface area contributed by atoms with E-state index in [1.165, 1.54) is 4.90 Å². The zero-order valence-electron chi connectivity index (χ0n) is 13.2. The minimum atomic E-state index is -3.62. The second kappa shape index (κ2) is 7.72. The Morgan fingerprint density at radius 1 is 1.12 bits per heavy atom. The van der Waals surface area contributed by atoms with E-state index in [0.717, 1.165) is 50.4 Å². The molecule has 0 bridgehead atoms. The summed E-state index contributed by atoms with van der Waals surface area (Å²) >= 11 is 0. The topological polar surface area (TPSA) is 35.6 Å². The number of hydrogen-bond acceptors (Lipinski definition) is 3. The van der Waals surface area contributed by atoms with Crippen LogP contribution >= 0.6 is 12.4 Å². The molecule has 4 nitrogen and oxygen atoms in total. The van der Waals surface area contributed by atoms with E-state index in [9.17, 15) is 18.0 Å². The Bertz CT molecular complexity index is 564. The Morgan fingerprint density at radius 3 is 2.38 bits per heavy atom. The molecule has 2 fully saturated rings. The first-order valence-electron chi connectivity index (χ1n) is 7.86. The summed E-state index contributed by atoms with van der Waals surface area (Å²) in [6.07, 6.45) is 0.714. The van der Waals surface area contributed by atoms with E-state index >= 15 is 0 Å². The smallest absolute Gasteiger partial charge is 0.336 e. The fraction of sp³-hybridized carbons (Fsp3) is 0.562. The lowest BCUT2D eigenvalue weighted by Crippen LogP contribution is -2.50. The van der Waals surface area contributed by atoms with Crippen LogP contribution in [0.1, 0.15) is 12.0 Å².